The number of hydrogen-bond donors (Lipinski definition) is 0. The van der Waals surface area contributed by atoms with Crippen LogP contribution in [0.3, 0.4) is 0 Å². The van der Waals surface area contributed by atoms with Gasteiger partial charge in [-0.3, -0.25) is 0 Å². The van der Waals surface area contributed by atoms with Crippen LogP contribution in [0.2, 0.25) is 0 Å². The zero-order valence-corrected chi connectivity index (χ0v) is 21.9. The van der Waals surface area contributed by atoms with Crippen LogP contribution in [-0.2, 0) is 11.2 Å². The highest BCUT2D eigenvalue weighted by atomic mass is 19.1. The summed E-state index contributed by atoms with van der Waals surface area (Å²) < 4.78 is 23.5. The smallest absolute Gasteiger partial charge is 0.324 e. The molecule has 1 saturated carbocycles. The SMILES string of the molecule is CC(C)c1noc(N2CCC(C3CC3CCOc3ccc(CC=O)cc3)CC2)n1.CN1CCC(F)C1. The molecule has 0 bridgehead atoms. The summed E-state index contributed by atoms with van der Waals surface area (Å²) in [4.78, 5) is 19.3. The number of anilines is 1. The monoisotopic (exact) mass is 500 g/mol. The summed E-state index contributed by atoms with van der Waals surface area (Å²) in [5.74, 6) is 4.45. The molecule has 1 aromatic heterocycles. The Morgan fingerprint density at radius 1 is 1.17 bits per heavy atom. The fourth-order valence-electron chi connectivity index (χ4n) is 5.32. The molecule has 3 heterocycles. The minimum Gasteiger partial charge on any atom is -0.494 e. The fourth-order valence-corrected chi connectivity index (χ4v) is 5.32. The van der Waals surface area contributed by atoms with Crippen LogP contribution in [-0.4, -0.2) is 67.3 Å². The van der Waals surface area contributed by atoms with Gasteiger partial charge in [-0.05, 0) is 74.6 Å². The van der Waals surface area contributed by atoms with Crippen molar-refractivity contribution in [1.82, 2.24) is 15.0 Å². The number of alkyl halides is 1. The summed E-state index contributed by atoms with van der Waals surface area (Å²) in [7, 11) is 1.94. The van der Waals surface area contributed by atoms with E-state index < -0.39 is 6.17 Å². The van der Waals surface area contributed by atoms with Crippen molar-refractivity contribution in [1.29, 1.82) is 0 Å². The van der Waals surface area contributed by atoms with Crippen molar-refractivity contribution in [3.8, 4) is 5.75 Å². The van der Waals surface area contributed by atoms with Gasteiger partial charge in [-0.1, -0.05) is 31.1 Å². The highest BCUT2D eigenvalue weighted by Crippen LogP contribution is 2.50. The average molecular weight is 501 g/mol. The molecular formula is C28H41FN4O3. The van der Waals surface area contributed by atoms with Gasteiger partial charge in [0.05, 0.1) is 6.61 Å². The van der Waals surface area contributed by atoms with Crippen molar-refractivity contribution in [2.24, 2.45) is 17.8 Å². The molecule has 0 N–H and O–H groups in total. The lowest BCUT2D eigenvalue weighted by molar-refractivity contribution is -0.107. The van der Waals surface area contributed by atoms with Crippen molar-refractivity contribution in [2.45, 2.75) is 64.5 Å². The van der Waals surface area contributed by atoms with Gasteiger partial charge in [0.25, 0.3) is 0 Å². The Labute approximate surface area is 214 Å². The number of carbonyl (C=O) groups is 1. The topological polar surface area (TPSA) is 71.7 Å². The van der Waals surface area contributed by atoms with E-state index in [0.717, 1.165) is 80.3 Å². The Morgan fingerprint density at radius 2 is 1.92 bits per heavy atom. The molecule has 1 aliphatic carbocycles. The largest absolute Gasteiger partial charge is 0.494 e. The number of ether oxygens (including phenoxy) is 1. The highest BCUT2D eigenvalue weighted by molar-refractivity contribution is 5.55. The Morgan fingerprint density at radius 3 is 2.47 bits per heavy atom. The highest BCUT2D eigenvalue weighted by Gasteiger charge is 2.43. The Balaban J connectivity index is 0.000000375. The zero-order chi connectivity index (χ0) is 25.5. The lowest BCUT2D eigenvalue weighted by Gasteiger charge is -2.30. The molecule has 3 unspecified atom stereocenters. The number of nitrogens with zero attached hydrogens (tertiary/aromatic N) is 4. The van der Waals surface area contributed by atoms with Gasteiger partial charge < -0.3 is 23.9 Å². The summed E-state index contributed by atoms with van der Waals surface area (Å²) in [6.07, 6.45) is 6.46. The minimum atomic E-state index is -0.551. The lowest BCUT2D eigenvalue weighted by Crippen LogP contribution is -2.34. The summed E-state index contributed by atoms with van der Waals surface area (Å²) in [5, 5.41) is 4.08. The molecule has 7 nitrogen and oxygen atoms in total. The van der Waals surface area contributed by atoms with E-state index >= 15 is 0 Å². The number of likely N-dealkylation sites (tertiary alicyclic amines) is 1. The first-order chi connectivity index (χ1) is 17.4. The molecular weight excluding hydrogens is 459 g/mol. The van der Waals surface area contributed by atoms with Crippen molar-refractivity contribution in [3.05, 3.63) is 35.7 Å². The molecule has 0 amide bonds. The number of halogens is 1. The Hall–Kier alpha value is -2.48. The van der Waals surface area contributed by atoms with Gasteiger partial charge >= 0.3 is 6.01 Å². The summed E-state index contributed by atoms with van der Waals surface area (Å²) in [6.45, 7) is 8.53. The molecule has 0 spiro atoms. The molecule has 8 heteroatoms. The Bertz CT molecular complexity index is 935. The molecule has 5 rings (SSSR count). The second kappa shape index (κ2) is 12.7. The van der Waals surface area contributed by atoms with Crippen LogP contribution in [0.5, 0.6) is 5.75 Å². The standard InChI is InChI=1S/C23H31N3O3.C5H10FN/c1-16(2)22-24-23(29-25-22)26-11-7-18(8-12-26)21-15-19(21)10-14-28-20-5-3-17(4-6-20)9-13-27;1-7-3-2-5(6)4-7/h3-6,13,16,18-19,21H,7-12,14-15H2,1-2H3;5H,2-4H2,1H3. The molecule has 3 fully saturated rings. The van der Waals surface area contributed by atoms with Gasteiger partial charge in [-0.25, -0.2) is 4.39 Å². The van der Waals surface area contributed by atoms with Gasteiger partial charge in [0, 0.05) is 38.5 Å². The van der Waals surface area contributed by atoms with Gasteiger partial charge in [0.2, 0.25) is 0 Å². The van der Waals surface area contributed by atoms with Crippen LogP contribution in [0.15, 0.2) is 28.8 Å². The maximum Gasteiger partial charge on any atom is 0.324 e. The van der Waals surface area contributed by atoms with Gasteiger partial charge in [0.15, 0.2) is 5.82 Å². The van der Waals surface area contributed by atoms with Crippen LogP contribution in [0.1, 0.15) is 63.3 Å². The van der Waals surface area contributed by atoms with Crippen LogP contribution in [0, 0.1) is 17.8 Å². The number of aromatic nitrogens is 2. The zero-order valence-electron chi connectivity index (χ0n) is 21.9. The van der Waals surface area contributed by atoms with E-state index in [0.29, 0.717) is 24.9 Å². The number of hydrogen-bond acceptors (Lipinski definition) is 7. The first-order valence-corrected chi connectivity index (χ1v) is 13.5. The van der Waals surface area contributed by atoms with E-state index in [1.165, 1.54) is 19.3 Å². The number of carbonyl (C=O) groups excluding carboxylic acids is 1. The van der Waals surface area contributed by atoms with Crippen LogP contribution in [0.4, 0.5) is 10.4 Å². The van der Waals surface area contributed by atoms with Crippen LogP contribution >= 0.6 is 0 Å². The summed E-state index contributed by atoms with van der Waals surface area (Å²) in [5.41, 5.74) is 1.03. The third-order valence-corrected chi connectivity index (χ3v) is 7.67. The molecule has 3 aliphatic rings. The quantitative estimate of drug-likeness (QED) is 0.453. The fraction of sp³-hybridized carbons (Fsp3) is 0.679. The molecule has 0 radical (unpaired) electrons. The van der Waals surface area contributed by atoms with E-state index in [1.54, 1.807) is 0 Å². The molecule has 36 heavy (non-hydrogen) atoms. The average Bonchev–Trinajstić information content (AvgIpc) is 3.27. The molecule has 1 aromatic carbocycles. The van der Waals surface area contributed by atoms with E-state index in [4.69, 9.17) is 9.26 Å². The van der Waals surface area contributed by atoms with Crippen LogP contribution in [0.25, 0.3) is 0 Å². The first-order valence-electron chi connectivity index (χ1n) is 13.5. The second-order valence-electron chi connectivity index (χ2n) is 10.9. The van der Waals surface area contributed by atoms with Crippen molar-refractivity contribution >= 4 is 12.3 Å². The normalized spacial score (nSPS) is 24.5. The number of benzene rings is 1. The molecule has 2 aromatic rings. The lowest BCUT2D eigenvalue weighted by atomic mass is 9.90. The van der Waals surface area contributed by atoms with Gasteiger partial charge in [0.1, 0.15) is 18.2 Å². The molecule has 3 atom stereocenters. The maximum absolute atomic E-state index is 12.1. The maximum atomic E-state index is 12.1. The summed E-state index contributed by atoms with van der Waals surface area (Å²) >= 11 is 0. The predicted molar refractivity (Wildman–Crippen MR) is 138 cm³/mol. The number of rotatable bonds is 9. The summed E-state index contributed by atoms with van der Waals surface area (Å²) in [6, 6.07) is 8.53. The van der Waals surface area contributed by atoms with Crippen molar-refractivity contribution < 1.29 is 18.4 Å². The van der Waals surface area contributed by atoms with Gasteiger partial charge in [-0.2, -0.15) is 4.98 Å². The van der Waals surface area contributed by atoms with E-state index in [2.05, 4.69) is 28.9 Å². The third kappa shape index (κ3) is 7.51. The Kier molecular flexibility index (Phi) is 9.35. The number of aldehydes is 1. The third-order valence-electron chi connectivity index (χ3n) is 7.67. The van der Waals surface area contributed by atoms with Crippen LogP contribution < -0.4 is 9.64 Å². The number of piperidine rings is 1. The predicted octanol–water partition coefficient (Wildman–Crippen LogP) is 4.92. The van der Waals surface area contributed by atoms with Crippen molar-refractivity contribution in [3.63, 3.8) is 0 Å². The van der Waals surface area contributed by atoms with E-state index in [-0.39, 0.29) is 0 Å². The minimum absolute atomic E-state index is 0.300. The molecule has 2 aliphatic heterocycles. The second-order valence-corrected chi connectivity index (χ2v) is 10.9. The molecule has 198 valence electrons. The van der Waals surface area contributed by atoms with E-state index in [9.17, 15) is 9.18 Å². The molecule has 2 saturated heterocycles. The van der Waals surface area contributed by atoms with Gasteiger partial charge in [-0.15, -0.1) is 0 Å². The van der Waals surface area contributed by atoms with E-state index in [1.807, 2.05) is 36.2 Å². The first kappa shape index (κ1) is 26.6. The van der Waals surface area contributed by atoms with Crippen molar-refractivity contribution in [2.75, 3.05) is 44.7 Å².